The Kier molecular flexibility index (Phi) is 2.71. The third-order valence-electron chi connectivity index (χ3n) is 2.21. The molecule has 0 aromatic carbocycles. The number of hydrogen-bond donors (Lipinski definition) is 0. The highest BCUT2D eigenvalue weighted by atomic mass is 35.5. The number of rotatable bonds is 2. The van der Waals surface area contributed by atoms with Crippen molar-refractivity contribution in [3.05, 3.63) is 10.5 Å². The van der Waals surface area contributed by atoms with Gasteiger partial charge in [-0.25, -0.2) is 4.98 Å². The van der Waals surface area contributed by atoms with E-state index in [0.29, 0.717) is 11.3 Å². The minimum Gasteiger partial charge on any atom is -0.380 e. The quantitative estimate of drug-likeness (QED) is 0.760. The smallest absolute Gasteiger partial charge is 0.186 e. The van der Waals surface area contributed by atoms with E-state index in [2.05, 4.69) is 9.88 Å². The summed E-state index contributed by atoms with van der Waals surface area (Å²) < 4.78 is 5.27. The van der Waals surface area contributed by atoms with Crippen LogP contribution >= 0.6 is 22.9 Å². The van der Waals surface area contributed by atoms with E-state index >= 15 is 0 Å². The van der Waals surface area contributed by atoms with E-state index in [4.69, 9.17) is 16.3 Å². The normalized spacial score (nSPS) is 22.6. The zero-order chi connectivity index (χ0) is 9.26. The van der Waals surface area contributed by atoms with Gasteiger partial charge in [0, 0.05) is 25.6 Å². The Morgan fingerprint density at radius 3 is 3.15 bits per heavy atom. The Labute approximate surface area is 86.3 Å². The van der Waals surface area contributed by atoms with Crippen LogP contribution < -0.4 is 4.90 Å². The topological polar surface area (TPSA) is 25.4 Å². The first-order chi connectivity index (χ1) is 6.29. The lowest BCUT2D eigenvalue weighted by Gasteiger charge is -2.13. The van der Waals surface area contributed by atoms with E-state index in [-0.39, 0.29) is 0 Å². The van der Waals surface area contributed by atoms with Crippen LogP contribution in [0.5, 0.6) is 0 Å². The fourth-order valence-corrected chi connectivity index (χ4v) is 2.47. The number of methoxy groups -OCH3 is 1. The zero-order valence-electron chi connectivity index (χ0n) is 7.36. The van der Waals surface area contributed by atoms with Crippen molar-refractivity contribution in [1.82, 2.24) is 4.98 Å². The van der Waals surface area contributed by atoms with E-state index in [9.17, 15) is 0 Å². The van der Waals surface area contributed by atoms with Crippen molar-refractivity contribution < 1.29 is 4.74 Å². The van der Waals surface area contributed by atoms with Crippen LogP contribution in [0.25, 0.3) is 0 Å². The van der Waals surface area contributed by atoms with Crippen molar-refractivity contribution in [3.8, 4) is 0 Å². The number of hydrogen-bond acceptors (Lipinski definition) is 4. The van der Waals surface area contributed by atoms with Gasteiger partial charge in [-0.05, 0) is 6.42 Å². The van der Waals surface area contributed by atoms with Crippen molar-refractivity contribution in [2.45, 2.75) is 12.5 Å². The molecule has 72 valence electrons. The van der Waals surface area contributed by atoms with Crippen LogP contribution in [0.3, 0.4) is 0 Å². The standard InChI is InChI=1S/C8H11ClN2OS/c1-12-6-2-3-11(4-6)8-10-7(9)5-13-8/h5-6H,2-4H2,1H3. The molecule has 2 rings (SSSR count). The molecule has 1 atom stereocenters. The number of aromatic nitrogens is 1. The van der Waals surface area contributed by atoms with Crippen LogP contribution in [-0.4, -0.2) is 31.3 Å². The lowest BCUT2D eigenvalue weighted by Crippen LogP contribution is -2.21. The van der Waals surface area contributed by atoms with Gasteiger partial charge in [-0.1, -0.05) is 11.6 Å². The summed E-state index contributed by atoms with van der Waals surface area (Å²) in [6.07, 6.45) is 1.43. The number of ether oxygens (including phenoxy) is 1. The molecule has 13 heavy (non-hydrogen) atoms. The molecule has 0 amide bonds. The molecule has 1 aliphatic heterocycles. The van der Waals surface area contributed by atoms with Gasteiger partial charge in [-0.2, -0.15) is 0 Å². The number of nitrogens with zero attached hydrogens (tertiary/aromatic N) is 2. The Balaban J connectivity index is 2.03. The second-order valence-corrected chi connectivity index (χ2v) is 4.27. The Hall–Kier alpha value is -0.320. The molecule has 1 fully saturated rings. The highest BCUT2D eigenvalue weighted by molar-refractivity contribution is 7.14. The van der Waals surface area contributed by atoms with E-state index in [1.165, 1.54) is 0 Å². The van der Waals surface area contributed by atoms with Crippen LogP contribution in [0.2, 0.25) is 5.15 Å². The van der Waals surface area contributed by atoms with Gasteiger partial charge in [0.25, 0.3) is 0 Å². The number of anilines is 1. The fraction of sp³-hybridized carbons (Fsp3) is 0.625. The molecule has 0 N–H and O–H groups in total. The molecule has 1 aromatic heterocycles. The summed E-state index contributed by atoms with van der Waals surface area (Å²) in [7, 11) is 1.75. The average molecular weight is 219 g/mol. The summed E-state index contributed by atoms with van der Waals surface area (Å²) in [5.41, 5.74) is 0. The third kappa shape index (κ3) is 1.95. The van der Waals surface area contributed by atoms with E-state index in [0.717, 1.165) is 24.6 Å². The van der Waals surface area contributed by atoms with Gasteiger partial charge in [0.1, 0.15) is 5.15 Å². The van der Waals surface area contributed by atoms with Crippen LogP contribution in [0.4, 0.5) is 5.13 Å². The van der Waals surface area contributed by atoms with Crippen LogP contribution in [0.1, 0.15) is 6.42 Å². The Morgan fingerprint density at radius 1 is 1.77 bits per heavy atom. The summed E-state index contributed by atoms with van der Waals surface area (Å²) in [4.78, 5) is 6.43. The summed E-state index contributed by atoms with van der Waals surface area (Å²) in [5, 5.41) is 3.45. The highest BCUT2D eigenvalue weighted by Crippen LogP contribution is 2.26. The van der Waals surface area contributed by atoms with Crippen molar-refractivity contribution in [2.75, 3.05) is 25.1 Å². The molecule has 0 aliphatic carbocycles. The van der Waals surface area contributed by atoms with Gasteiger partial charge < -0.3 is 9.64 Å². The second-order valence-electron chi connectivity index (χ2n) is 3.05. The molecule has 5 heteroatoms. The summed E-state index contributed by atoms with van der Waals surface area (Å²) >= 11 is 7.34. The van der Waals surface area contributed by atoms with Crippen molar-refractivity contribution >= 4 is 28.1 Å². The first kappa shape index (κ1) is 9.24. The lowest BCUT2D eigenvalue weighted by atomic mass is 10.3. The summed E-state index contributed by atoms with van der Waals surface area (Å²) in [5.74, 6) is 0. The lowest BCUT2D eigenvalue weighted by molar-refractivity contribution is 0.121. The van der Waals surface area contributed by atoms with Gasteiger partial charge in [0.05, 0.1) is 6.10 Å². The maximum Gasteiger partial charge on any atom is 0.186 e. The van der Waals surface area contributed by atoms with Gasteiger partial charge >= 0.3 is 0 Å². The first-order valence-corrected chi connectivity index (χ1v) is 5.44. The minimum absolute atomic E-state index is 0.350. The van der Waals surface area contributed by atoms with Gasteiger partial charge in [-0.15, -0.1) is 11.3 Å². The summed E-state index contributed by atoms with van der Waals surface area (Å²) in [6, 6.07) is 0. The number of thiazole rings is 1. The predicted molar refractivity (Wildman–Crippen MR) is 54.8 cm³/mol. The molecular formula is C8H11ClN2OS. The molecule has 2 heterocycles. The SMILES string of the molecule is COC1CCN(c2nc(Cl)cs2)C1. The van der Waals surface area contributed by atoms with Crippen LogP contribution in [0.15, 0.2) is 5.38 Å². The van der Waals surface area contributed by atoms with Gasteiger partial charge in [-0.3, -0.25) is 0 Å². The maximum atomic E-state index is 5.75. The average Bonchev–Trinajstić information content (AvgIpc) is 2.71. The van der Waals surface area contributed by atoms with Crippen molar-refractivity contribution in [2.24, 2.45) is 0 Å². The molecule has 0 radical (unpaired) electrons. The summed E-state index contributed by atoms with van der Waals surface area (Å²) in [6.45, 7) is 1.95. The number of halogens is 1. The third-order valence-corrected chi connectivity index (χ3v) is 3.44. The largest absolute Gasteiger partial charge is 0.380 e. The maximum absolute atomic E-state index is 5.75. The van der Waals surface area contributed by atoms with Crippen molar-refractivity contribution in [3.63, 3.8) is 0 Å². The minimum atomic E-state index is 0.350. The van der Waals surface area contributed by atoms with Crippen LogP contribution in [0, 0.1) is 0 Å². The highest BCUT2D eigenvalue weighted by Gasteiger charge is 2.23. The van der Waals surface area contributed by atoms with Crippen molar-refractivity contribution in [1.29, 1.82) is 0 Å². The first-order valence-electron chi connectivity index (χ1n) is 4.18. The molecular weight excluding hydrogens is 208 g/mol. The Bertz CT molecular complexity index is 291. The predicted octanol–water partition coefficient (Wildman–Crippen LogP) is 2.02. The van der Waals surface area contributed by atoms with Gasteiger partial charge in [0.15, 0.2) is 5.13 Å². The molecule has 1 saturated heterocycles. The molecule has 1 aliphatic rings. The van der Waals surface area contributed by atoms with Crippen LogP contribution in [-0.2, 0) is 4.74 Å². The molecule has 0 bridgehead atoms. The molecule has 1 aromatic rings. The van der Waals surface area contributed by atoms with Gasteiger partial charge in [0.2, 0.25) is 0 Å². The molecule has 3 nitrogen and oxygen atoms in total. The molecule has 0 saturated carbocycles. The van der Waals surface area contributed by atoms with E-state index < -0.39 is 0 Å². The zero-order valence-corrected chi connectivity index (χ0v) is 8.94. The van der Waals surface area contributed by atoms with E-state index in [1.807, 2.05) is 5.38 Å². The molecule has 1 unspecified atom stereocenters. The monoisotopic (exact) mass is 218 g/mol. The van der Waals surface area contributed by atoms with E-state index in [1.54, 1.807) is 18.4 Å². The molecule has 0 spiro atoms. The Morgan fingerprint density at radius 2 is 2.62 bits per heavy atom. The second kappa shape index (κ2) is 3.82. The fourth-order valence-electron chi connectivity index (χ4n) is 1.48.